The van der Waals surface area contributed by atoms with Crippen molar-refractivity contribution in [3.8, 4) is 11.1 Å². The molecule has 1 amide bonds. The van der Waals surface area contributed by atoms with Crippen molar-refractivity contribution in [3.63, 3.8) is 0 Å². The molecule has 0 radical (unpaired) electrons. The number of amides is 1. The van der Waals surface area contributed by atoms with E-state index in [2.05, 4.69) is 25.8 Å². The normalized spacial score (nSPS) is 12.9. The first-order valence-corrected chi connectivity index (χ1v) is 15.5. The Hall–Kier alpha value is -3.44. The summed E-state index contributed by atoms with van der Waals surface area (Å²) in [6.07, 6.45) is 8.56. The quantitative estimate of drug-likeness (QED) is 0.150. The molecule has 0 spiro atoms. The topological polar surface area (TPSA) is 80.8 Å². The molecule has 236 valence electrons. The van der Waals surface area contributed by atoms with Crippen molar-refractivity contribution < 1.29 is 27.8 Å². The number of nitrogens with one attached hydrogen (secondary N) is 1. The number of rotatable bonds is 9. The standard InChI is InChI=1S/C27H23ClF2N2OS.C4H8O3.C2H7N/c28-24-23-21(29)9-10-22(30)25(23)34-26(24)27(33)32(20-7-2-1-3-8-20)16-17-5-4-6-19(15-17)18-11-13-31-14-12-18;1-6-2-3-7-4-5;1-3-2/h4-6,9-15,20H,1-3,7-8,16H2;4H,2-3H2,1H3;3H,1-2H3. The minimum absolute atomic E-state index is 0.00616. The number of carbonyl (C=O) groups excluding carboxylic acids is 2. The van der Waals surface area contributed by atoms with Crippen LogP contribution in [0.15, 0.2) is 60.9 Å². The molecule has 0 saturated heterocycles. The second-order valence-electron chi connectivity index (χ2n) is 10.1. The number of pyridine rings is 1. The van der Waals surface area contributed by atoms with E-state index in [1.54, 1.807) is 19.5 Å². The van der Waals surface area contributed by atoms with Gasteiger partial charge in [0.2, 0.25) is 0 Å². The Kier molecular flexibility index (Phi) is 14.6. The number of methoxy groups -OCH3 is 1. The zero-order valence-corrected chi connectivity index (χ0v) is 26.7. The molecular weight excluding hydrogens is 608 g/mol. The Morgan fingerprint density at radius 2 is 1.73 bits per heavy atom. The van der Waals surface area contributed by atoms with Crippen LogP contribution in [0.3, 0.4) is 0 Å². The van der Waals surface area contributed by atoms with E-state index >= 15 is 0 Å². The van der Waals surface area contributed by atoms with Crippen LogP contribution in [0, 0.1) is 11.6 Å². The second-order valence-corrected chi connectivity index (χ2v) is 11.5. The maximum Gasteiger partial charge on any atom is 0.293 e. The van der Waals surface area contributed by atoms with Crippen molar-refractivity contribution in [2.24, 2.45) is 0 Å². The molecule has 2 aromatic carbocycles. The first kappa shape index (κ1) is 35.0. The number of halogens is 3. The van der Waals surface area contributed by atoms with Gasteiger partial charge in [-0.1, -0.05) is 49.1 Å². The van der Waals surface area contributed by atoms with E-state index in [-0.39, 0.29) is 31.9 Å². The van der Waals surface area contributed by atoms with Gasteiger partial charge >= 0.3 is 0 Å². The maximum atomic E-state index is 14.4. The third kappa shape index (κ3) is 9.53. The number of carbonyl (C=O) groups is 2. The van der Waals surface area contributed by atoms with Crippen LogP contribution in [-0.2, 0) is 20.8 Å². The number of aromatic nitrogens is 1. The van der Waals surface area contributed by atoms with E-state index in [0.29, 0.717) is 26.2 Å². The molecule has 2 heterocycles. The molecule has 1 saturated carbocycles. The van der Waals surface area contributed by atoms with E-state index in [1.165, 1.54) is 0 Å². The van der Waals surface area contributed by atoms with Crippen LogP contribution < -0.4 is 5.32 Å². The number of thiophene rings is 1. The van der Waals surface area contributed by atoms with Gasteiger partial charge in [-0.15, -0.1) is 11.3 Å². The smallest absolute Gasteiger partial charge is 0.293 e. The Morgan fingerprint density at radius 1 is 1.05 bits per heavy atom. The van der Waals surface area contributed by atoms with E-state index < -0.39 is 11.6 Å². The first-order valence-electron chi connectivity index (χ1n) is 14.3. The highest BCUT2D eigenvalue weighted by Gasteiger charge is 2.31. The lowest BCUT2D eigenvalue weighted by atomic mass is 9.93. The lowest BCUT2D eigenvalue weighted by Crippen LogP contribution is -2.40. The van der Waals surface area contributed by atoms with Gasteiger partial charge in [0.05, 0.1) is 21.7 Å². The van der Waals surface area contributed by atoms with Gasteiger partial charge in [-0.3, -0.25) is 14.6 Å². The van der Waals surface area contributed by atoms with Gasteiger partial charge in [-0.25, -0.2) is 8.78 Å². The van der Waals surface area contributed by atoms with E-state index in [4.69, 9.17) is 11.6 Å². The Labute approximate surface area is 266 Å². The zero-order chi connectivity index (χ0) is 31.9. The van der Waals surface area contributed by atoms with Gasteiger partial charge in [-0.2, -0.15) is 0 Å². The number of hydrogen-bond donors (Lipinski definition) is 1. The fourth-order valence-corrected chi connectivity index (χ4v) is 6.40. The molecule has 0 bridgehead atoms. The Morgan fingerprint density at radius 3 is 2.36 bits per heavy atom. The van der Waals surface area contributed by atoms with Crippen LogP contribution in [0.1, 0.15) is 47.3 Å². The highest BCUT2D eigenvalue weighted by molar-refractivity contribution is 7.21. The molecule has 0 unspecified atom stereocenters. The van der Waals surface area contributed by atoms with Crippen molar-refractivity contribution >= 4 is 45.4 Å². The number of ether oxygens (including phenoxy) is 2. The monoisotopic (exact) mass is 645 g/mol. The van der Waals surface area contributed by atoms with Crippen LogP contribution >= 0.6 is 22.9 Å². The van der Waals surface area contributed by atoms with E-state index in [1.807, 2.05) is 49.3 Å². The van der Waals surface area contributed by atoms with Crippen LogP contribution in [0.5, 0.6) is 0 Å². The highest BCUT2D eigenvalue weighted by Crippen LogP contribution is 2.40. The van der Waals surface area contributed by atoms with Crippen molar-refractivity contribution in [1.82, 2.24) is 15.2 Å². The molecule has 1 aliphatic carbocycles. The zero-order valence-electron chi connectivity index (χ0n) is 25.2. The molecule has 1 aliphatic rings. The van der Waals surface area contributed by atoms with Gasteiger partial charge in [0.25, 0.3) is 12.4 Å². The summed E-state index contributed by atoms with van der Waals surface area (Å²) in [5.41, 5.74) is 3.08. The molecule has 44 heavy (non-hydrogen) atoms. The van der Waals surface area contributed by atoms with Crippen LogP contribution in [0.4, 0.5) is 8.78 Å². The molecule has 2 aromatic heterocycles. The maximum absolute atomic E-state index is 14.4. The lowest BCUT2D eigenvalue weighted by molar-refractivity contribution is -0.129. The molecule has 5 rings (SSSR count). The largest absolute Gasteiger partial charge is 0.465 e. The summed E-state index contributed by atoms with van der Waals surface area (Å²) < 4.78 is 37.7. The van der Waals surface area contributed by atoms with Crippen molar-refractivity contribution in [3.05, 3.63) is 88.0 Å². The summed E-state index contributed by atoms with van der Waals surface area (Å²) in [6.45, 7) is 1.62. The lowest BCUT2D eigenvalue weighted by Gasteiger charge is -2.34. The minimum atomic E-state index is -0.619. The van der Waals surface area contributed by atoms with Gasteiger partial charge in [-0.05, 0) is 74.0 Å². The predicted octanol–water partition coefficient (Wildman–Crippen LogP) is 7.51. The molecule has 11 heteroatoms. The van der Waals surface area contributed by atoms with E-state index in [0.717, 1.165) is 72.3 Å². The summed E-state index contributed by atoms with van der Waals surface area (Å²) in [5, 5.41) is 2.73. The van der Waals surface area contributed by atoms with Crippen molar-refractivity contribution in [2.75, 3.05) is 34.4 Å². The molecular formula is C33H38ClF2N3O4S. The number of benzene rings is 2. The molecule has 7 nitrogen and oxygen atoms in total. The SMILES string of the molecule is CNC.COCCOC=O.O=C(c1sc2c(F)ccc(F)c2c1Cl)N(Cc1cccc(-c2ccncc2)c1)C1CCCCC1. The second kappa shape index (κ2) is 18.4. The van der Waals surface area contributed by atoms with Gasteiger partial charge in [0, 0.05) is 32.1 Å². The van der Waals surface area contributed by atoms with Gasteiger partial charge in [0.1, 0.15) is 23.1 Å². The Bertz CT molecular complexity index is 1480. The van der Waals surface area contributed by atoms with Crippen molar-refractivity contribution in [1.29, 1.82) is 0 Å². The van der Waals surface area contributed by atoms with Crippen molar-refractivity contribution in [2.45, 2.75) is 44.7 Å². The molecule has 1 fully saturated rings. The summed E-state index contributed by atoms with van der Waals surface area (Å²) in [6, 6.07) is 14.2. The van der Waals surface area contributed by atoms with Gasteiger partial charge < -0.3 is 19.7 Å². The fraction of sp³-hybridized carbons (Fsp3) is 0.364. The molecule has 0 aliphatic heterocycles. The molecule has 4 aromatic rings. The summed E-state index contributed by atoms with van der Waals surface area (Å²) in [5.74, 6) is -1.46. The predicted molar refractivity (Wildman–Crippen MR) is 172 cm³/mol. The van der Waals surface area contributed by atoms with Gasteiger partial charge in [0.15, 0.2) is 0 Å². The van der Waals surface area contributed by atoms with E-state index in [9.17, 15) is 18.4 Å². The van der Waals surface area contributed by atoms with Crippen LogP contribution in [0.25, 0.3) is 21.2 Å². The van der Waals surface area contributed by atoms with Crippen LogP contribution in [-0.4, -0.2) is 62.7 Å². The third-order valence-corrected chi connectivity index (χ3v) is 8.60. The summed E-state index contributed by atoms with van der Waals surface area (Å²) >= 11 is 7.40. The minimum Gasteiger partial charge on any atom is -0.465 e. The Balaban J connectivity index is 0.000000461. The fourth-order valence-electron chi connectivity index (χ4n) is 4.90. The first-order chi connectivity index (χ1) is 21.4. The molecule has 1 N–H and O–H groups in total. The number of nitrogens with zero attached hydrogens (tertiary/aromatic N) is 2. The summed E-state index contributed by atoms with van der Waals surface area (Å²) in [4.78, 5) is 29.3. The number of fused-ring (bicyclic) bond motifs is 1. The summed E-state index contributed by atoms with van der Waals surface area (Å²) in [7, 11) is 5.30. The average molecular weight is 646 g/mol. The third-order valence-electron chi connectivity index (χ3n) is 6.92. The highest BCUT2D eigenvalue weighted by atomic mass is 35.5. The molecule has 0 atom stereocenters. The van der Waals surface area contributed by atoms with Crippen LogP contribution in [0.2, 0.25) is 5.02 Å². The number of hydrogen-bond acceptors (Lipinski definition) is 7. The average Bonchev–Trinajstić information content (AvgIpc) is 3.41.